The van der Waals surface area contributed by atoms with E-state index in [-0.39, 0.29) is 6.42 Å². The molecule has 2 aliphatic rings. The second-order valence-corrected chi connectivity index (χ2v) is 5.75. The van der Waals surface area contributed by atoms with Gasteiger partial charge in [-0.15, -0.1) is 0 Å². The molecular formula is C15H21N3O2. The van der Waals surface area contributed by atoms with Crippen LogP contribution in [-0.4, -0.2) is 33.6 Å². The fraction of sp³-hybridized carbons (Fsp3) is 0.667. The Morgan fingerprint density at radius 1 is 1.30 bits per heavy atom. The number of aryl methyl sites for hydroxylation is 1. The summed E-state index contributed by atoms with van der Waals surface area (Å²) < 4.78 is 0. The van der Waals surface area contributed by atoms with E-state index in [0.717, 1.165) is 38.0 Å². The van der Waals surface area contributed by atoms with Crippen molar-refractivity contribution in [2.75, 3.05) is 11.4 Å². The van der Waals surface area contributed by atoms with E-state index in [1.165, 1.54) is 24.1 Å². The van der Waals surface area contributed by atoms with E-state index in [1.54, 1.807) is 6.33 Å². The van der Waals surface area contributed by atoms with Gasteiger partial charge in [-0.3, -0.25) is 4.79 Å². The van der Waals surface area contributed by atoms with Crippen LogP contribution in [-0.2, 0) is 17.6 Å². The van der Waals surface area contributed by atoms with Gasteiger partial charge < -0.3 is 10.0 Å². The number of aliphatic carboxylic acids is 1. The highest BCUT2D eigenvalue weighted by atomic mass is 16.4. The average Bonchev–Trinajstić information content (AvgIpc) is 2.93. The number of anilines is 1. The summed E-state index contributed by atoms with van der Waals surface area (Å²) in [5.74, 6) is 0.367. The maximum Gasteiger partial charge on any atom is 0.303 e. The fourth-order valence-corrected chi connectivity index (χ4v) is 3.46. The molecule has 0 bridgehead atoms. The van der Waals surface area contributed by atoms with Gasteiger partial charge in [0, 0.05) is 30.3 Å². The Kier molecular flexibility index (Phi) is 3.85. The predicted octanol–water partition coefficient (Wildman–Crippen LogP) is 2.19. The number of hydrogen-bond acceptors (Lipinski definition) is 4. The lowest BCUT2D eigenvalue weighted by Crippen LogP contribution is -2.41. The third-order valence-electron chi connectivity index (χ3n) is 4.44. The van der Waals surface area contributed by atoms with Gasteiger partial charge in [0.15, 0.2) is 0 Å². The van der Waals surface area contributed by atoms with Crippen LogP contribution in [0.2, 0.25) is 0 Å². The van der Waals surface area contributed by atoms with Crippen LogP contribution in [0.25, 0.3) is 0 Å². The molecule has 2 heterocycles. The van der Waals surface area contributed by atoms with Gasteiger partial charge in [-0.25, -0.2) is 9.97 Å². The quantitative estimate of drug-likeness (QED) is 0.912. The van der Waals surface area contributed by atoms with Crippen LogP contribution in [0, 0.1) is 0 Å². The minimum absolute atomic E-state index is 0.244. The van der Waals surface area contributed by atoms with Gasteiger partial charge in [-0.1, -0.05) is 0 Å². The number of hydrogen-bond donors (Lipinski definition) is 1. The zero-order chi connectivity index (χ0) is 13.9. The Hall–Kier alpha value is -1.65. The summed E-state index contributed by atoms with van der Waals surface area (Å²) in [5.41, 5.74) is 2.49. The van der Waals surface area contributed by atoms with Gasteiger partial charge in [-0.05, 0) is 44.9 Å². The summed E-state index contributed by atoms with van der Waals surface area (Å²) in [6.45, 7) is 0.994. The van der Waals surface area contributed by atoms with Crippen LogP contribution >= 0.6 is 0 Å². The maximum absolute atomic E-state index is 10.8. The molecule has 20 heavy (non-hydrogen) atoms. The van der Waals surface area contributed by atoms with E-state index in [4.69, 9.17) is 5.11 Å². The van der Waals surface area contributed by atoms with Crippen LogP contribution < -0.4 is 4.90 Å². The first kappa shape index (κ1) is 13.3. The highest BCUT2D eigenvalue weighted by Gasteiger charge is 2.28. The van der Waals surface area contributed by atoms with Crippen LogP contribution in [0.15, 0.2) is 6.33 Å². The molecule has 1 aromatic heterocycles. The topological polar surface area (TPSA) is 66.3 Å². The summed E-state index contributed by atoms with van der Waals surface area (Å²) in [5, 5.41) is 8.91. The van der Waals surface area contributed by atoms with Gasteiger partial charge in [0.1, 0.15) is 12.1 Å². The third-order valence-corrected chi connectivity index (χ3v) is 4.44. The SMILES string of the molecule is O=C(O)CCC1CCCCN1c1ncnc2c1CCC2. The molecule has 108 valence electrons. The lowest BCUT2D eigenvalue weighted by atomic mass is 9.97. The largest absolute Gasteiger partial charge is 0.481 e. The maximum atomic E-state index is 10.8. The molecule has 0 saturated carbocycles. The lowest BCUT2D eigenvalue weighted by Gasteiger charge is -2.37. The van der Waals surface area contributed by atoms with E-state index in [1.807, 2.05) is 0 Å². The number of carbonyl (C=O) groups is 1. The Morgan fingerprint density at radius 2 is 2.20 bits per heavy atom. The number of carboxylic acids is 1. The second kappa shape index (κ2) is 5.77. The normalized spacial score (nSPS) is 21.8. The number of piperidine rings is 1. The van der Waals surface area contributed by atoms with E-state index < -0.39 is 5.97 Å². The first-order valence-corrected chi connectivity index (χ1v) is 7.57. The fourth-order valence-electron chi connectivity index (χ4n) is 3.46. The first-order chi connectivity index (χ1) is 9.75. The van der Waals surface area contributed by atoms with E-state index >= 15 is 0 Å². The second-order valence-electron chi connectivity index (χ2n) is 5.75. The summed E-state index contributed by atoms with van der Waals surface area (Å²) in [7, 11) is 0. The molecule has 1 aliphatic carbocycles. The van der Waals surface area contributed by atoms with Crippen molar-refractivity contribution in [1.29, 1.82) is 0 Å². The zero-order valence-corrected chi connectivity index (χ0v) is 11.7. The van der Waals surface area contributed by atoms with Crippen molar-refractivity contribution in [3.8, 4) is 0 Å². The molecule has 3 rings (SSSR count). The third kappa shape index (κ3) is 2.62. The molecular weight excluding hydrogens is 254 g/mol. The predicted molar refractivity (Wildman–Crippen MR) is 75.9 cm³/mol. The Morgan fingerprint density at radius 3 is 3.05 bits per heavy atom. The zero-order valence-electron chi connectivity index (χ0n) is 11.7. The van der Waals surface area contributed by atoms with E-state index in [0.29, 0.717) is 12.5 Å². The van der Waals surface area contributed by atoms with Gasteiger partial charge in [0.2, 0.25) is 0 Å². The molecule has 0 spiro atoms. The number of carboxylic acid groups (broad SMARTS) is 1. The number of fused-ring (bicyclic) bond motifs is 1. The van der Waals surface area contributed by atoms with Crippen molar-refractivity contribution in [3.05, 3.63) is 17.6 Å². The van der Waals surface area contributed by atoms with Gasteiger partial charge in [-0.2, -0.15) is 0 Å². The highest BCUT2D eigenvalue weighted by molar-refractivity contribution is 5.66. The molecule has 1 aromatic rings. The summed E-state index contributed by atoms with van der Waals surface area (Å²) in [4.78, 5) is 22.1. The molecule has 5 heteroatoms. The molecule has 1 atom stereocenters. The molecule has 1 unspecified atom stereocenters. The van der Waals surface area contributed by atoms with E-state index in [2.05, 4.69) is 14.9 Å². The molecule has 1 saturated heterocycles. The van der Waals surface area contributed by atoms with Crippen molar-refractivity contribution in [3.63, 3.8) is 0 Å². The van der Waals surface area contributed by atoms with E-state index in [9.17, 15) is 4.79 Å². The minimum atomic E-state index is -0.705. The van der Waals surface area contributed by atoms with Crippen LogP contribution in [0.1, 0.15) is 49.8 Å². The number of nitrogens with zero attached hydrogens (tertiary/aromatic N) is 3. The Bertz CT molecular complexity index is 504. The van der Waals surface area contributed by atoms with Gasteiger partial charge in [0.25, 0.3) is 0 Å². The number of aromatic nitrogens is 2. The minimum Gasteiger partial charge on any atom is -0.481 e. The van der Waals surface area contributed by atoms with Crippen molar-refractivity contribution in [2.24, 2.45) is 0 Å². The van der Waals surface area contributed by atoms with Crippen molar-refractivity contribution in [2.45, 2.75) is 57.4 Å². The molecule has 1 aliphatic heterocycles. The molecule has 1 N–H and O–H groups in total. The summed E-state index contributed by atoms with van der Waals surface area (Å²) >= 11 is 0. The van der Waals surface area contributed by atoms with Crippen molar-refractivity contribution < 1.29 is 9.90 Å². The van der Waals surface area contributed by atoms with Crippen LogP contribution in [0.3, 0.4) is 0 Å². The van der Waals surface area contributed by atoms with Gasteiger partial charge in [0.05, 0.1) is 0 Å². The summed E-state index contributed by atoms with van der Waals surface area (Å²) in [6, 6.07) is 0.319. The van der Waals surface area contributed by atoms with Gasteiger partial charge >= 0.3 is 5.97 Å². The van der Waals surface area contributed by atoms with Crippen LogP contribution in [0.5, 0.6) is 0 Å². The standard InChI is InChI=1S/C15H21N3O2/c19-14(20)8-7-11-4-1-2-9-18(11)15-12-5-3-6-13(12)16-10-17-15/h10-11H,1-9H2,(H,19,20). The summed E-state index contributed by atoms with van der Waals surface area (Å²) in [6.07, 6.45) is 9.34. The van der Waals surface area contributed by atoms with Crippen molar-refractivity contribution in [1.82, 2.24) is 9.97 Å². The lowest BCUT2D eigenvalue weighted by molar-refractivity contribution is -0.137. The molecule has 1 fully saturated rings. The highest BCUT2D eigenvalue weighted by Crippen LogP contribution is 2.32. The van der Waals surface area contributed by atoms with Crippen molar-refractivity contribution >= 4 is 11.8 Å². The molecule has 5 nitrogen and oxygen atoms in total. The van der Waals surface area contributed by atoms with Crippen LogP contribution in [0.4, 0.5) is 5.82 Å². The average molecular weight is 275 g/mol. The first-order valence-electron chi connectivity index (χ1n) is 7.57. The monoisotopic (exact) mass is 275 g/mol. The number of rotatable bonds is 4. The smallest absolute Gasteiger partial charge is 0.303 e. The molecule has 0 aromatic carbocycles. The Labute approximate surface area is 119 Å². The molecule has 0 amide bonds. The molecule has 0 radical (unpaired) electrons. The Balaban J connectivity index is 1.83.